The van der Waals surface area contributed by atoms with Crippen molar-refractivity contribution in [1.29, 1.82) is 5.26 Å². The third-order valence-corrected chi connectivity index (χ3v) is 1.41. The molecule has 0 radical (unpaired) electrons. The van der Waals surface area contributed by atoms with E-state index in [0.717, 1.165) is 0 Å². The minimum absolute atomic E-state index is 0.0631. The van der Waals surface area contributed by atoms with Crippen LogP contribution in [-0.4, -0.2) is 13.9 Å². The summed E-state index contributed by atoms with van der Waals surface area (Å²) in [7, 11) is 1.42. The molecule has 4 heteroatoms. The van der Waals surface area contributed by atoms with Crippen LogP contribution in [0.1, 0.15) is 5.56 Å². The van der Waals surface area contributed by atoms with Crippen molar-refractivity contribution < 1.29 is 13.9 Å². The summed E-state index contributed by atoms with van der Waals surface area (Å²) in [6, 6.07) is 5.98. The Morgan fingerprint density at radius 1 is 1.54 bits per heavy atom. The van der Waals surface area contributed by atoms with Crippen molar-refractivity contribution in [3.63, 3.8) is 0 Å². The van der Waals surface area contributed by atoms with Crippen LogP contribution in [0.15, 0.2) is 18.2 Å². The van der Waals surface area contributed by atoms with Gasteiger partial charge in [0.2, 0.25) is 0 Å². The van der Waals surface area contributed by atoms with E-state index >= 15 is 0 Å². The zero-order valence-corrected chi connectivity index (χ0v) is 7.08. The fraction of sp³-hybridized carbons (Fsp3) is 0.222. The summed E-state index contributed by atoms with van der Waals surface area (Å²) in [4.78, 5) is 0. The van der Waals surface area contributed by atoms with E-state index in [1.807, 2.05) is 6.07 Å². The summed E-state index contributed by atoms with van der Waals surface area (Å²) in [6.45, 7) is -0.0738. The van der Waals surface area contributed by atoms with Crippen molar-refractivity contribution in [2.24, 2.45) is 0 Å². The van der Waals surface area contributed by atoms with Crippen molar-refractivity contribution in [3.8, 4) is 11.8 Å². The average Bonchev–Trinajstić information content (AvgIpc) is 2.15. The molecule has 0 fully saturated rings. The van der Waals surface area contributed by atoms with E-state index in [4.69, 9.17) is 10.00 Å². The summed E-state index contributed by atoms with van der Waals surface area (Å²) in [5, 5.41) is 8.60. The summed E-state index contributed by atoms with van der Waals surface area (Å²) >= 11 is 0. The first-order valence-electron chi connectivity index (χ1n) is 3.60. The number of para-hydroxylation sites is 1. The van der Waals surface area contributed by atoms with Gasteiger partial charge in [-0.1, -0.05) is 6.07 Å². The fourth-order valence-corrected chi connectivity index (χ4v) is 0.861. The van der Waals surface area contributed by atoms with Crippen LogP contribution < -0.4 is 4.74 Å². The van der Waals surface area contributed by atoms with Gasteiger partial charge in [0.1, 0.15) is 6.07 Å². The molecule has 0 saturated carbocycles. The van der Waals surface area contributed by atoms with Gasteiger partial charge in [-0.15, -0.1) is 0 Å². The number of hydrogen-bond acceptors (Lipinski definition) is 3. The Kier molecular flexibility index (Phi) is 3.23. The second kappa shape index (κ2) is 4.43. The molecule has 0 atom stereocenters. The van der Waals surface area contributed by atoms with Gasteiger partial charge >= 0.3 is 0 Å². The Morgan fingerprint density at radius 2 is 2.31 bits per heavy atom. The van der Waals surface area contributed by atoms with Crippen LogP contribution in [0.4, 0.5) is 4.39 Å². The molecule has 0 heterocycles. The van der Waals surface area contributed by atoms with Crippen LogP contribution in [0.2, 0.25) is 0 Å². The molecule has 0 spiro atoms. The maximum atomic E-state index is 13.0. The highest BCUT2D eigenvalue weighted by molar-refractivity contribution is 5.43. The maximum absolute atomic E-state index is 13.0. The molecule has 0 bridgehead atoms. The Hall–Kier alpha value is -1.60. The lowest BCUT2D eigenvalue weighted by Crippen LogP contribution is -2.02. The SMILES string of the molecule is COCOc1c(F)cccc1C#N. The van der Waals surface area contributed by atoms with Gasteiger partial charge < -0.3 is 9.47 Å². The van der Waals surface area contributed by atoms with Gasteiger partial charge in [-0.25, -0.2) is 4.39 Å². The molecule has 0 amide bonds. The molecule has 0 aliphatic rings. The first-order chi connectivity index (χ1) is 6.29. The minimum Gasteiger partial charge on any atom is -0.463 e. The van der Waals surface area contributed by atoms with Crippen LogP contribution in [0.5, 0.6) is 5.75 Å². The maximum Gasteiger partial charge on any atom is 0.188 e. The zero-order valence-electron chi connectivity index (χ0n) is 7.08. The Bertz CT molecular complexity index is 333. The number of halogens is 1. The number of ether oxygens (including phenoxy) is 2. The molecule has 0 aromatic heterocycles. The number of rotatable bonds is 3. The lowest BCUT2D eigenvalue weighted by atomic mass is 10.2. The predicted molar refractivity (Wildman–Crippen MR) is 43.6 cm³/mol. The monoisotopic (exact) mass is 181 g/mol. The molecule has 68 valence electrons. The molecule has 1 rings (SSSR count). The number of nitrogens with zero attached hydrogens (tertiary/aromatic N) is 1. The second-order valence-corrected chi connectivity index (χ2v) is 2.28. The van der Waals surface area contributed by atoms with Gasteiger partial charge in [0.05, 0.1) is 5.56 Å². The molecule has 0 unspecified atom stereocenters. The van der Waals surface area contributed by atoms with Crippen LogP contribution >= 0.6 is 0 Å². The van der Waals surface area contributed by atoms with Gasteiger partial charge in [-0.2, -0.15) is 5.26 Å². The highest BCUT2D eigenvalue weighted by Crippen LogP contribution is 2.21. The lowest BCUT2D eigenvalue weighted by molar-refractivity contribution is 0.0480. The fourth-order valence-electron chi connectivity index (χ4n) is 0.861. The zero-order chi connectivity index (χ0) is 9.68. The predicted octanol–water partition coefficient (Wildman–Crippen LogP) is 1.68. The first-order valence-corrected chi connectivity index (χ1v) is 3.60. The molecule has 13 heavy (non-hydrogen) atoms. The van der Waals surface area contributed by atoms with Gasteiger partial charge in [0.15, 0.2) is 18.4 Å². The van der Waals surface area contributed by atoms with Gasteiger partial charge in [-0.3, -0.25) is 0 Å². The summed E-state index contributed by atoms with van der Waals surface area (Å²) in [5.41, 5.74) is 0.164. The average molecular weight is 181 g/mol. The van der Waals surface area contributed by atoms with E-state index < -0.39 is 5.82 Å². The topological polar surface area (TPSA) is 42.2 Å². The van der Waals surface area contributed by atoms with E-state index in [-0.39, 0.29) is 18.1 Å². The van der Waals surface area contributed by atoms with Crippen LogP contribution in [0.25, 0.3) is 0 Å². The standard InChI is InChI=1S/C9H8FNO2/c1-12-6-13-9-7(5-11)3-2-4-8(9)10/h2-4H,6H2,1H3. The number of methoxy groups -OCH3 is 1. The quantitative estimate of drug-likeness (QED) is 0.666. The Morgan fingerprint density at radius 3 is 2.92 bits per heavy atom. The van der Waals surface area contributed by atoms with E-state index in [0.29, 0.717) is 0 Å². The first kappa shape index (κ1) is 9.49. The third kappa shape index (κ3) is 2.17. The van der Waals surface area contributed by atoms with E-state index in [1.54, 1.807) is 0 Å². The van der Waals surface area contributed by atoms with E-state index in [1.165, 1.54) is 25.3 Å². The molecule has 0 aliphatic heterocycles. The van der Waals surface area contributed by atoms with Crippen molar-refractivity contribution in [1.82, 2.24) is 0 Å². The van der Waals surface area contributed by atoms with Gasteiger partial charge in [0, 0.05) is 7.11 Å². The summed E-state index contributed by atoms with van der Waals surface area (Å²) < 4.78 is 22.5. The van der Waals surface area contributed by atoms with Crippen molar-refractivity contribution in [3.05, 3.63) is 29.6 Å². The normalized spacial score (nSPS) is 9.31. The molecular formula is C9H8FNO2. The Balaban J connectivity index is 2.95. The molecule has 1 aromatic carbocycles. The van der Waals surface area contributed by atoms with Crippen LogP contribution in [0, 0.1) is 17.1 Å². The molecule has 3 nitrogen and oxygen atoms in total. The van der Waals surface area contributed by atoms with Crippen molar-refractivity contribution in [2.45, 2.75) is 0 Å². The lowest BCUT2D eigenvalue weighted by Gasteiger charge is -2.06. The summed E-state index contributed by atoms with van der Waals surface area (Å²) in [6.07, 6.45) is 0. The number of hydrogen-bond donors (Lipinski definition) is 0. The number of benzene rings is 1. The molecule has 0 saturated heterocycles. The van der Waals surface area contributed by atoms with Gasteiger partial charge in [0.25, 0.3) is 0 Å². The van der Waals surface area contributed by atoms with Crippen LogP contribution in [-0.2, 0) is 4.74 Å². The highest BCUT2D eigenvalue weighted by atomic mass is 19.1. The second-order valence-electron chi connectivity index (χ2n) is 2.28. The van der Waals surface area contributed by atoms with Gasteiger partial charge in [-0.05, 0) is 12.1 Å². The Labute approximate surface area is 75.3 Å². The van der Waals surface area contributed by atoms with Crippen molar-refractivity contribution in [2.75, 3.05) is 13.9 Å². The summed E-state index contributed by atoms with van der Waals surface area (Å²) in [5.74, 6) is -0.622. The number of nitriles is 1. The van der Waals surface area contributed by atoms with E-state index in [2.05, 4.69) is 4.74 Å². The molecule has 0 aliphatic carbocycles. The highest BCUT2D eigenvalue weighted by Gasteiger charge is 2.08. The molecule has 0 N–H and O–H groups in total. The largest absolute Gasteiger partial charge is 0.463 e. The van der Waals surface area contributed by atoms with Crippen LogP contribution in [0.3, 0.4) is 0 Å². The third-order valence-electron chi connectivity index (χ3n) is 1.41. The minimum atomic E-state index is -0.559. The van der Waals surface area contributed by atoms with Crippen molar-refractivity contribution >= 4 is 0 Å². The smallest absolute Gasteiger partial charge is 0.188 e. The molecular weight excluding hydrogens is 173 g/mol. The molecule has 1 aromatic rings. The van der Waals surface area contributed by atoms with E-state index in [9.17, 15) is 4.39 Å².